The maximum Gasteiger partial charge on any atom is 0.387 e. The Balaban J connectivity index is 2.17. The molecule has 2 N–H and O–H groups in total. The highest BCUT2D eigenvalue weighted by Gasteiger charge is 2.06. The number of ether oxygens (including phenoxy) is 1. The zero-order valence-electron chi connectivity index (χ0n) is 8.77. The average Bonchev–Trinajstić information content (AvgIpc) is 2.78. The molecule has 0 atom stereocenters. The van der Waals surface area contributed by atoms with Crippen molar-refractivity contribution in [2.75, 3.05) is 0 Å². The topological polar surface area (TPSA) is 48.1 Å². The highest BCUT2D eigenvalue weighted by atomic mass is 32.1. The number of rotatable bonds is 4. The van der Waals surface area contributed by atoms with Crippen LogP contribution in [0.15, 0.2) is 29.6 Å². The molecule has 0 radical (unpaired) electrons. The summed E-state index contributed by atoms with van der Waals surface area (Å²) in [6.45, 7) is -2.41. The van der Waals surface area contributed by atoms with Gasteiger partial charge in [-0.3, -0.25) is 0 Å². The minimum absolute atomic E-state index is 0.138. The molecule has 0 aliphatic rings. The van der Waals surface area contributed by atoms with Gasteiger partial charge in [0.25, 0.3) is 0 Å². The van der Waals surface area contributed by atoms with E-state index in [1.165, 1.54) is 23.5 Å². The van der Waals surface area contributed by atoms with E-state index >= 15 is 0 Å². The van der Waals surface area contributed by atoms with Crippen molar-refractivity contribution in [2.45, 2.75) is 13.2 Å². The van der Waals surface area contributed by atoms with Crippen molar-refractivity contribution >= 4 is 11.3 Å². The molecule has 1 aromatic carbocycles. The van der Waals surface area contributed by atoms with Crippen LogP contribution in [0.5, 0.6) is 5.75 Å². The summed E-state index contributed by atoms with van der Waals surface area (Å²) in [7, 11) is 0. The molecule has 2 aromatic rings. The molecule has 2 rings (SSSR count). The van der Waals surface area contributed by atoms with E-state index in [9.17, 15) is 8.78 Å². The highest BCUT2D eigenvalue weighted by molar-refractivity contribution is 7.13. The van der Waals surface area contributed by atoms with Crippen LogP contribution in [0, 0.1) is 0 Å². The molecule has 0 unspecified atom stereocenters. The summed E-state index contributed by atoms with van der Waals surface area (Å²) < 4.78 is 28.2. The average molecular weight is 256 g/mol. The number of hydrogen-bond acceptors (Lipinski definition) is 4. The monoisotopic (exact) mass is 256 g/mol. The van der Waals surface area contributed by atoms with Crippen molar-refractivity contribution < 1.29 is 13.5 Å². The highest BCUT2D eigenvalue weighted by Crippen LogP contribution is 2.26. The normalized spacial score (nSPS) is 10.8. The van der Waals surface area contributed by atoms with Crippen molar-refractivity contribution in [1.29, 1.82) is 0 Å². The molecule has 1 heterocycles. The van der Waals surface area contributed by atoms with Crippen LogP contribution < -0.4 is 10.5 Å². The van der Waals surface area contributed by atoms with Gasteiger partial charge in [0, 0.05) is 17.5 Å². The van der Waals surface area contributed by atoms with Gasteiger partial charge in [-0.15, -0.1) is 11.3 Å². The van der Waals surface area contributed by atoms with Gasteiger partial charge in [-0.05, 0) is 24.3 Å². The number of hydrogen-bond donors (Lipinski definition) is 1. The number of nitrogens with zero attached hydrogens (tertiary/aromatic N) is 1. The van der Waals surface area contributed by atoms with Gasteiger partial charge in [0.2, 0.25) is 0 Å². The first-order valence-corrected chi connectivity index (χ1v) is 5.76. The zero-order chi connectivity index (χ0) is 12.3. The van der Waals surface area contributed by atoms with E-state index < -0.39 is 6.61 Å². The number of alkyl halides is 2. The van der Waals surface area contributed by atoms with E-state index in [4.69, 9.17) is 5.73 Å². The first-order valence-electron chi connectivity index (χ1n) is 4.89. The van der Waals surface area contributed by atoms with Crippen LogP contribution in [-0.2, 0) is 6.54 Å². The lowest BCUT2D eigenvalue weighted by atomic mass is 10.2. The Hall–Kier alpha value is -1.53. The molecule has 0 saturated heterocycles. The maximum absolute atomic E-state index is 11.9. The Labute approximate surface area is 101 Å². The van der Waals surface area contributed by atoms with Crippen molar-refractivity contribution in [3.05, 3.63) is 35.3 Å². The smallest absolute Gasteiger partial charge is 0.387 e. The Kier molecular flexibility index (Phi) is 3.65. The summed E-state index contributed by atoms with van der Waals surface area (Å²) in [6.07, 6.45) is 0. The summed E-state index contributed by atoms with van der Waals surface area (Å²) in [4.78, 5) is 4.29. The van der Waals surface area contributed by atoms with Crippen LogP contribution >= 0.6 is 11.3 Å². The predicted molar refractivity (Wildman–Crippen MR) is 62.1 cm³/mol. The SMILES string of the molecule is NCc1csc(-c2ccc(OC(F)F)cc2)n1. The van der Waals surface area contributed by atoms with Gasteiger partial charge in [-0.2, -0.15) is 8.78 Å². The molecule has 0 spiro atoms. The van der Waals surface area contributed by atoms with Gasteiger partial charge in [-0.1, -0.05) is 0 Å². The van der Waals surface area contributed by atoms with Crippen molar-refractivity contribution in [3.63, 3.8) is 0 Å². The fraction of sp³-hybridized carbons (Fsp3) is 0.182. The first-order chi connectivity index (χ1) is 8.19. The number of nitrogens with two attached hydrogens (primary N) is 1. The molecule has 6 heteroatoms. The third kappa shape index (κ3) is 2.98. The number of benzene rings is 1. The number of halogens is 2. The van der Waals surface area contributed by atoms with Gasteiger partial charge in [0.15, 0.2) is 0 Å². The Morgan fingerprint density at radius 3 is 2.53 bits per heavy atom. The predicted octanol–water partition coefficient (Wildman–Crippen LogP) is 2.87. The largest absolute Gasteiger partial charge is 0.435 e. The lowest BCUT2D eigenvalue weighted by Crippen LogP contribution is -2.01. The van der Waals surface area contributed by atoms with E-state index in [-0.39, 0.29) is 5.75 Å². The molecule has 0 amide bonds. The molecule has 0 aliphatic heterocycles. The van der Waals surface area contributed by atoms with Crippen LogP contribution in [0.4, 0.5) is 8.78 Å². The van der Waals surface area contributed by atoms with Crippen LogP contribution in [0.1, 0.15) is 5.69 Å². The van der Waals surface area contributed by atoms with Crippen LogP contribution in [-0.4, -0.2) is 11.6 Å². The standard InChI is InChI=1S/C11H10F2N2OS/c12-11(13)16-9-3-1-7(2-4-9)10-15-8(5-14)6-17-10/h1-4,6,11H,5,14H2. The van der Waals surface area contributed by atoms with E-state index in [0.29, 0.717) is 6.54 Å². The Morgan fingerprint density at radius 2 is 2.00 bits per heavy atom. The second-order valence-electron chi connectivity index (χ2n) is 3.25. The van der Waals surface area contributed by atoms with E-state index in [1.54, 1.807) is 12.1 Å². The van der Waals surface area contributed by atoms with Gasteiger partial charge < -0.3 is 10.5 Å². The lowest BCUT2D eigenvalue weighted by molar-refractivity contribution is -0.0498. The quantitative estimate of drug-likeness (QED) is 0.915. The maximum atomic E-state index is 11.9. The Bertz CT molecular complexity index is 484. The van der Waals surface area contributed by atoms with Crippen LogP contribution in [0.25, 0.3) is 10.6 Å². The number of thiazole rings is 1. The summed E-state index contributed by atoms with van der Waals surface area (Å²) >= 11 is 1.47. The fourth-order valence-corrected chi connectivity index (χ4v) is 2.15. The third-order valence-electron chi connectivity index (χ3n) is 2.09. The first kappa shape index (κ1) is 11.9. The van der Waals surface area contributed by atoms with Crippen molar-refractivity contribution in [1.82, 2.24) is 4.98 Å². The molecule has 0 fully saturated rings. The van der Waals surface area contributed by atoms with Gasteiger partial charge in [0.1, 0.15) is 10.8 Å². The lowest BCUT2D eigenvalue weighted by Gasteiger charge is -2.04. The fourth-order valence-electron chi connectivity index (χ4n) is 1.31. The third-order valence-corrected chi connectivity index (χ3v) is 3.03. The zero-order valence-corrected chi connectivity index (χ0v) is 9.58. The van der Waals surface area contributed by atoms with Crippen LogP contribution in [0.2, 0.25) is 0 Å². The van der Waals surface area contributed by atoms with E-state index in [2.05, 4.69) is 9.72 Å². The summed E-state index contributed by atoms with van der Waals surface area (Å²) in [6, 6.07) is 6.36. The van der Waals surface area contributed by atoms with Crippen LogP contribution in [0.3, 0.4) is 0 Å². The second-order valence-corrected chi connectivity index (χ2v) is 4.11. The second kappa shape index (κ2) is 5.20. The van der Waals surface area contributed by atoms with E-state index in [0.717, 1.165) is 16.3 Å². The van der Waals surface area contributed by atoms with Gasteiger partial charge in [-0.25, -0.2) is 4.98 Å². The molecule has 90 valence electrons. The molecular weight excluding hydrogens is 246 g/mol. The molecule has 17 heavy (non-hydrogen) atoms. The minimum atomic E-state index is -2.80. The van der Waals surface area contributed by atoms with Crippen molar-refractivity contribution in [3.8, 4) is 16.3 Å². The summed E-state index contributed by atoms with van der Waals surface area (Å²) in [5, 5.41) is 2.69. The molecule has 0 aliphatic carbocycles. The number of aromatic nitrogens is 1. The molecule has 1 aromatic heterocycles. The Morgan fingerprint density at radius 1 is 1.29 bits per heavy atom. The van der Waals surface area contributed by atoms with Gasteiger partial charge in [0.05, 0.1) is 5.69 Å². The molecule has 0 bridgehead atoms. The van der Waals surface area contributed by atoms with Gasteiger partial charge >= 0.3 is 6.61 Å². The molecule has 0 saturated carbocycles. The summed E-state index contributed by atoms with van der Waals surface area (Å²) in [5.41, 5.74) is 7.14. The summed E-state index contributed by atoms with van der Waals surface area (Å²) in [5.74, 6) is 0.138. The van der Waals surface area contributed by atoms with E-state index in [1.807, 2.05) is 5.38 Å². The van der Waals surface area contributed by atoms with Crippen molar-refractivity contribution in [2.24, 2.45) is 5.73 Å². The minimum Gasteiger partial charge on any atom is -0.435 e. The molecule has 3 nitrogen and oxygen atoms in total. The molecular formula is C11H10F2N2OS.